The predicted molar refractivity (Wildman–Crippen MR) is 66.1 cm³/mol. The largest absolute Gasteiger partial charge is 0.352 e. The molecule has 0 aromatic carbocycles. The number of nitrogens with zero attached hydrogens (tertiary/aromatic N) is 3. The van der Waals surface area contributed by atoms with E-state index in [1.54, 1.807) is 6.07 Å². The van der Waals surface area contributed by atoms with Crippen molar-refractivity contribution in [2.75, 3.05) is 13.1 Å². The van der Waals surface area contributed by atoms with Gasteiger partial charge in [0.1, 0.15) is 0 Å². The average Bonchev–Trinajstić information content (AvgIpc) is 2.52. The Morgan fingerprint density at radius 1 is 1.67 bits per heavy atom. The van der Waals surface area contributed by atoms with Crippen molar-refractivity contribution in [3.63, 3.8) is 0 Å². The van der Waals surface area contributed by atoms with E-state index in [0.717, 1.165) is 7.57 Å². The molecule has 0 fully saturated rings. The molecule has 1 heterocycles. The second kappa shape index (κ2) is 6.12. The van der Waals surface area contributed by atoms with Crippen molar-refractivity contribution in [1.82, 2.24) is 5.32 Å². The molecule has 0 spiro atoms. The molecule has 0 radical (unpaired) electrons. The lowest BCUT2D eigenvalue weighted by Gasteiger charge is -2.00. The molecule has 1 amide bonds. The Balaban J connectivity index is 2.53. The van der Waals surface area contributed by atoms with Gasteiger partial charge in [0.05, 0.1) is 13.1 Å². The van der Waals surface area contributed by atoms with E-state index in [9.17, 15) is 4.79 Å². The predicted octanol–water partition coefficient (Wildman–Crippen LogP) is 3.31. The molecule has 1 rings (SSSR count). The zero-order valence-electron chi connectivity index (χ0n) is 7.41. The van der Waals surface area contributed by atoms with Crippen molar-refractivity contribution in [3.8, 4) is 0 Å². The highest BCUT2D eigenvalue weighted by Gasteiger charge is 2.12. The molecule has 0 saturated carbocycles. The van der Waals surface area contributed by atoms with Crippen molar-refractivity contribution < 1.29 is 4.79 Å². The maximum atomic E-state index is 11.6. The molecule has 0 aliphatic heterocycles. The first-order valence-corrected chi connectivity index (χ1v) is 6.29. The minimum atomic E-state index is -0.183. The van der Waals surface area contributed by atoms with Crippen LogP contribution in [0.2, 0.25) is 0 Å². The molecule has 8 heteroatoms. The van der Waals surface area contributed by atoms with Gasteiger partial charge in [-0.2, -0.15) is 0 Å². The summed E-state index contributed by atoms with van der Waals surface area (Å²) in [4.78, 5) is 14.1. The van der Waals surface area contributed by atoms with Gasteiger partial charge in [-0.25, -0.2) is 0 Å². The first-order chi connectivity index (χ1) is 7.15. The number of carbonyl (C=O) groups excluding carboxylic acids is 1. The SMILES string of the molecule is [N-]=[N+]=NCCNC(=O)c1cc(Br)sc1Br. The summed E-state index contributed by atoms with van der Waals surface area (Å²) in [5.74, 6) is -0.183. The molecule has 1 aromatic heterocycles. The van der Waals surface area contributed by atoms with Gasteiger partial charge in [0.25, 0.3) is 5.91 Å². The highest BCUT2D eigenvalue weighted by molar-refractivity contribution is 9.12. The summed E-state index contributed by atoms with van der Waals surface area (Å²) in [6.07, 6.45) is 0. The van der Waals surface area contributed by atoms with Crippen LogP contribution in [0.25, 0.3) is 10.4 Å². The van der Waals surface area contributed by atoms with Crippen LogP contribution in [-0.2, 0) is 0 Å². The Hall–Kier alpha value is -0.560. The summed E-state index contributed by atoms with van der Waals surface area (Å²) < 4.78 is 1.66. The molecule has 0 aliphatic carbocycles. The number of hydrogen-bond donors (Lipinski definition) is 1. The van der Waals surface area contributed by atoms with Crippen LogP contribution in [0.5, 0.6) is 0 Å². The molecule has 0 bridgehead atoms. The first kappa shape index (κ1) is 12.5. The molecule has 0 atom stereocenters. The number of carbonyl (C=O) groups is 1. The summed E-state index contributed by atoms with van der Waals surface area (Å²) in [5.41, 5.74) is 8.61. The molecular weight excluding hydrogens is 348 g/mol. The first-order valence-electron chi connectivity index (χ1n) is 3.89. The third-order valence-electron chi connectivity index (χ3n) is 1.46. The fourth-order valence-corrected chi connectivity index (χ4v) is 3.65. The minimum absolute atomic E-state index is 0.183. The maximum absolute atomic E-state index is 11.6. The van der Waals surface area contributed by atoms with Gasteiger partial charge >= 0.3 is 0 Å². The van der Waals surface area contributed by atoms with Crippen molar-refractivity contribution in [2.45, 2.75) is 0 Å². The lowest BCUT2D eigenvalue weighted by molar-refractivity contribution is 0.0954. The van der Waals surface area contributed by atoms with Gasteiger partial charge in [-0.1, -0.05) is 5.11 Å². The van der Waals surface area contributed by atoms with Gasteiger partial charge in [-0.05, 0) is 43.5 Å². The Labute approximate surface area is 107 Å². The quantitative estimate of drug-likeness (QED) is 0.383. The third-order valence-corrected chi connectivity index (χ3v) is 3.80. The lowest BCUT2D eigenvalue weighted by atomic mass is 10.3. The van der Waals surface area contributed by atoms with E-state index in [2.05, 4.69) is 47.2 Å². The van der Waals surface area contributed by atoms with Crippen LogP contribution in [0.15, 0.2) is 18.8 Å². The lowest BCUT2D eigenvalue weighted by Crippen LogP contribution is -2.25. The number of nitrogens with one attached hydrogen (secondary N) is 1. The van der Waals surface area contributed by atoms with E-state index in [-0.39, 0.29) is 12.5 Å². The van der Waals surface area contributed by atoms with Gasteiger partial charge in [-0.15, -0.1) is 11.3 Å². The minimum Gasteiger partial charge on any atom is -0.352 e. The molecule has 5 nitrogen and oxygen atoms in total. The van der Waals surface area contributed by atoms with Crippen LogP contribution in [0, 0.1) is 0 Å². The smallest absolute Gasteiger partial charge is 0.253 e. The maximum Gasteiger partial charge on any atom is 0.253 e. The normalized spacial score (nSPS) is 9.47. The molecule has 0 unspecified atom stereocenters. The van der Waals surface area contributed by atoms with E-state index in [0.29, 0.717) is 12.1 Å². The van der Waals surface area contributed by atoms with Gasteiger partial charge in [0, 0.05) is 18.0 Å². The van der Waals surface area contributed by atoms with E-state index < -0.39 is 0 Å². The van der Waals surface area contributed by atoms with Crippen LogP contribution < -0.4 is 5.32 Å². The Morgan fingerprint density at radius 3 is 2.93 bits per heavy atom. The van der Waals surface area contributed by atoms with Gasteiger partial charge in [0.15, 0.2) is 0 Å². The van der Waals surface area contributed by atoms with Gasteiger partial charge < -0.3 is 5.32 Å². The van der Waals surface area contributed by atoms with E-state index in [1.165, 1.54) is 11.3 Å². The molecule has 80 valence electrons. The summed E-state index contributed by atoms with van der Waals surface area (Å²) >= 11 is 8.00. The van der Waals surface area contributed by atoms with Crippen LogP contribution in [0.1, 0.15) is 10.4 Å². The molecule has 0 aliphatic rings. The number of rotatable bonds is 4. The molecule has 0 saturated heterocycles. The van der Waals surface area contributed by atoms with Crippen molar-refractivity contribution in [3.05, 3.63) is 29.6 Å². The van der Waals surface area contributed by atoms with Crippen molar-refractivity contribution >= 4 is 49.1 Å². The molecule has 1 N–H and O–H groups in total. The number of hydrogen-bond acceptors (Lipinski definition) is 3. The van der Waals surface area contributed by atoms with Crippen molar-refractivity contribution in [2.24, 2.45) is 5.11 Å². The fourth-order valence-electron chi connectivity index (χ4n) is 0.854. The molecular formula is C7H6Br2N4OS. The Morgan fingerprint density at radius 2 is 2.40 bits per heavy atom. The van der Waals surface area contributed by atoms with E-state index in [1.807, 2.05) is 0 Å². The van der Waals surface area contributed by atoms with Crippen LogP contribution in [0.3, 0.4) is 0 Å². The zero-order valence-corrected chi connectivity index (χ0v) is 11.4. The number of azide groups is 1. The second-order valence-corrected chi connectivity index (χ2v) is 6.20. The topological polar surface area (TPSA) is 77.9 Å². The van der Waals surface area contributed by atoms with E-state index in [4.69, 9.17) is 5.53 Å². The summed E-state index contributed by atoms with van der Waals surface area (Å²) in [6.45, 7) is 0.591. The zero-order chi connectivity index (χ0) is 11.3. The number of halogens is 2. The second-order valence-electron chi connectivity index (χ2n) is 2.45. The number of thiophene rings is 1. The van der Waals surface area contributed by atoms with Crippen molar-refractivity contribution in [1.29, 1.82) is 0 Å². The standard InChI is InChI=1S/C7H6Br2N4OS/c8-5-3-4(6(9)15-5)7(14)11-1-2-12-13-10/h3H,1-2H2,(H,11,14). The van der Waals surface area contributed by atoms with Crippen LogP contribution >= 0.6 is 43.2 Å². The molecule has 15 heavy (non-hydrogen) atoms. The van der Waals surface area contributed by atoms with Crippen LogP contribution in [0.4, 0.5) is 0 Å². The van der Waals surface area contributed by atoms with Gasteiger partial charge in [-0.3, -0.25) is 4.79 Å². The van der Waals surface area contributed by atoms with E-state index >= 15 is 0 Å². The fraction of sp³-hybridized carbons (Fsp3) is 0.286. The Bertz CT molecular complexity index is 413. The summed E-state index contributed by atoms with van der Waals surface area (Å²) in [6, 6.07) is 1.73. The molecule has 1 aromatic rings. The number of amides is 1. The monoisotopic (exact) mass is 352 g/mol. The Kier molecular flexibility index (Phi) is 5.10. The average molecular weight is 354 g/mol. The highest BCUT2D eigenvalue weighted by atomic mass is 79.9. The summed E-state index contributed by atoms with van der Waals surface area (Å²) in [5, 5.41) is 5.95. The highest BCUT2D eigenvalue weighted by Crippen LogP contribution is 2.31. The van der Waals surface area contributed by atoms with Gasteiger partial charge in [0.2, 0.25) is 0 Å². The summed E-state index contributed by atoms with van der Waals surface area (Å²) in [7, 11) is 0. The van der Waals surface area contributed by atoms with Crippen LogP contribution in [-0.4, -0.2) is 19.0 Å². The third kappa shape index (κ3) is 3.83.